The molecular weight excluding hydrogens is 546 g/mol. The van der Waals surface area contributed by atoms with Crippen LogP contribution in [0.25, 0.3) is 0 Å². The fourth-order valence-electron chi connectivity index (χ4n) is 3.61. The lowest BCUT2D eigenvalue weighted by Crippen LogP contribution is -2.52. The second kappa shape index (κ2) is 15.2. The molecule has 3 N–H and O–H groups in total. The second-order valence-electron chi connectivity index (χ2n) is 11.0. The molecule has 0 aliphatic heterocycles. The first-order chi connectivity index (χ1) is 19.6. The van der Waals surface area contributed by atoms with Gasteiger partial charge >= 0.3 is 24.2 Å². The Kier molecular flexibility index (Phi) is 12.3. The summed E-state index contributed by atoms with van der Waals surface area (Å²) in [5.41, 5.74) is 5.11. The molecule has 11 nitrogen and oxygen atoms in total. The van der Waals surface area contributed by atoms with Crippen LogP contribution in [0.4, 0.5) is 9.59 Å². The van der Waals surface area contributed by atoms with Gasteiger partial charge in [0.15, 0.2) is 11.5 Å². The molecule has 0 heterocycles. The van der Waals surface area contributed by atoms with E-state index in [1.54, 1.807) is 51.1 Å². The molecule has 2 rings (SSSR count). The number of carboxylic acids is 1. The molecule has 2 aromatic rings. The highest BCUT2D eigenvalue weighted by molar-refractivity contribution is 5.89. The Bertz CT molecular complexity index is 1230. The first kappa shape index (κ1) is 34.1. The van der Waals surface area contributed by atoms with Crippen molar-refractivity contribution in [2.45, 2.75) is 85.2 Å². The molecule has 11 heteroatoms. The molecule has 0 bridgehead atoms. The number of rotatable bonds is 13. The number of nitrogens with two attached hydrogens (primary N) is 1. The van der Waals surface area contributed by atoms with Gasteiger partial charge in [-0.2, -0.15) is 0 Å². The molecule has 42 heavy (non-hydrogen) atoms. The third-order valence-electron chi connectivity index (χ3n) is 6.75. The minimum atomic E-state index is -1.87. The summed E-state index contributed by atoms with van der Waals surface area (Å²) in [4.78, 5) is 49.6. The van der Waals surface area contributed by atoms with Crippen molar-refractivity contribution in [1.82, 2.24) is 0 Å². The van der Waals surface area contributed by atoms with Gasteiger partial charge in [0.1, 0.15) is 23.9 Å². The predicted molar refractivity (Wildman–Crippen MR) is 153 cm³/mol. The van der Waals surface area contributed by atoms with Crippen LogP contribution in [0.5, 0.6) is 11.5 Å². The lowest BCUT2D eigenvalue weighted by molar-refractivity contribution is -0.144. The fourth-order valence-corrected chi connectivity index (χ4v) is 3.61. The molecule has 0 saturated carbocycles. The molecule has 0 spiro atoms. The van der Waals surface area contributed by atoms with Crippen LogP contribution in [0.2, 0.25) is 0 Å². The van der Waals surface area contributed by atoms with Crippen LogP contribution in [0.1, 0.15) is 70.8 Å². The van der Waals surface area contributed by atoms with Gasteiger partial charge in [-0.05, 0) is 62.4 Å². The van der Waals surface area contributed by atoms with E-state index in [1.807, 2.05) is 27.7 Å². The Balaban J connectivity index is 2.29. The van der Waals surface area contributed by atoms with Gasteiger partial charge in [0, 0.05) is 12.8 Å². The molecule has 0 saturated heterocycles. The number of carboxylic acid groups (broad SMARTS) is 1. The van der Waals surface area contributed by atoms with Crippen LogP contribution in [0.15, 0.2) is 48.5 Å². The summed E-state index contributed by atoms with van der Waals surface area (Å²) >= 11 is 0. The summed E-state index contributed by atoms with van der Waals surface area (Å²) in [6, 6.07) is 12.4. The number of ether oxygens (including phenoxy) is 5. The summed E-state index contributed by atoms with van der Waals surface area (Å²) in [6.45, 7) is 12.4. The van der Waals surface area contributed by atoms with E-state index in [9.17, 15) is 24.3 Å². The van der Waals surface area contributed by atoms with Crippen molar-refractivity contribution in [2.24, 2.45) is 17.6 Å². The molecule has 230 valence electrons. The summed E-state index contributed by atoms with van der Waals surface area (Å²) in [5.74, 6) is -2.23. The summed E-state index contributed by atoms with van der Waals surface area (Å²) < 4.78 is 26.6. The molecule has 0 aromatic heterocycles. The van der Waals surface area contributed by atoms with Crippen molar-refractivity contribution in [3.05, 3.63) is 59.7 Å². The molecule has 2 aromatic carbocycles. The molecule has 0 aliphatic rings. The number of aliphatic carboxylic acids is 1. The van der Waals surface area contributed by atoms with Crippen molar-refractivity contribution in [1.29, 1.82) is 0 Å². The van der Waals surface area contributed by atoms with Crippen LogP contribution in [-0.4, -0.2) is 53.2 Å². The maximum absolute atomic E-state index is 12.5. The van der Waals surface area contributed by atoms with E-state index in [1.165, 1.54) is 18.2 Å². The molecule has 3 unspecified atom stereocenters. The number of hydrogen-bond donors (Lipinski definition) is 2. The van der Waals surface area contributed by atoms with Gasteiger partial charge < -0.3 is 34.5 Å². The van der Waals surface area contributed by atoms with Crippen LogP contribution >= 0.6 is 0 Å². The topological polar surface area (TPSA) is 161 Å². The zero-order valence-corrected chi connectivity index (χ0v) is 25.1. The molecular formula is C31H41NO10. The fraction of sp³-hybridized carbons (Fsp3) is 0.484. The average Bonchev–Trinajstić information content (AvgIpc) is 2.90. The van der Waals surface area contributed by atoms with Crippen molar-refractivity contribution >= 4 is 24.2 Å². The van der Waals surface area contributed by atoms with E-state index in [4.69, 9.17) is 29.4 Å². The summed E-state index contributed by atoms with van der Waals surface area (Å²) in [6.07, 6.45) is -4.26. The van der Waals surface area contributed by atoms with Gasteiger partial charge in [-0.15, -0.1) is 0 Å². The van der Waals surface area contributed by atoms with Crippen LogP contribution < -0.4 is 15.2 Å². The Labute approximate surface area is 246 Å². The lowest BCUT2D eigenvalue weighted by Gasteiger charge is -2.28. The zero-order valence-electron chi connectivity index (χ0n) is 25.1. The first-order valence-corrected chi connectivity index (χ1v) is 13.8. The van der Waals surface area contributed by atoms with E-state index < -0.39 is 48.1 Å². The SMILES string of the molecule is CC(C)C(C)OC(=O)Oc1ccc(CC(N)(C[C@H](C)OC(=O)c2ccccc2)C(=O)O)cc1OC(=O)OC(C)C(C)C. The molecule has 0 radical (unpaired) electrons. The summed E-state index contributed by atoms with van der Waals surface area (Å²) in [7, 11) is 0. The van der Waals surface area contributed by atoms with Gasteiger partial charge in [0.2, 0.25) is 0 Å². The quantitative estimate of drug-likeness (QED) is 0.166. The van der Waals surface area contributed by atoms with Crippen LogP contribution in [0, 0.1) is 11.8 Å². The van der Waals surface area contributed by atoms with E-state index in [0.29, 0.717) is 11.1 Å². The van der Waals surface area contributed by atoms with Crippen LogP contribution in [-0.2, 0) is 25.4 Å². The van der Waals surface area contributed by atoms with Gasteiger partial charge in [-0.1, -0.05) is 52.0 Å². The Morgan fingerprint density at radius 3 is 1.79 bits per heavy atom. The second-order valence-corrected chi connectivity index (χ2v) is 11.0. The maximum atomic E-state index is 12.5. The van der Waals surface area contributed by atoms with Crippen molar-refractivity contribution < 1.29 is 48.0 Å². The zero-order chi connectivity index (χ0) is 31.6. The van der Waals surface area contributed by atoms with Crippen molar-refractivity contribution in [3.63, 3.8) is 0 Å². The Morgan fingerprint density at radius 2 is 1.29 bits per heavy atom. The number of esters is 1. The maximum Gasteiger partial charge on any atom is 0.514 e. The van der Waals surface area contributed by atoms with Crippen molar-refractivity contribution in [2.75, 3.05) is 0 Å². The normalized spacial score (nSPS) is 14.7. The van der Waals surface area contributed by atoms with Gasteiger partial charge in [-0.3, -0.25) is 4.79 Å². The highest BCUT2D eigenvalue weighted by atomic mass is 16.7. The van der Waals surface area contributed by atoms with E-state index in [0.717, 1.165) is 0 Å². The largest absolute Gasteiger partial charge is 0.514 e. The third-order valence-corrected chi connectivity index (χ3v) is 6.75. The highest BCUT2D eigenvalue weighted by Gasteiger charge is 2.37. The Morgan fingerprint density at radius 1 is 0.762 bits per heavy atom. The number of carbonyl (C=O) groups is 4. The Hall–Kier alpha value is -4.12. The van der Waals surface area contributed by atoms with Crippen molar-refractivity contribution in [3.8, 4) is 11.5 Å². The monoisotopic (exact) mass is 587 g/mol. The predicted octanol–water partition coefficient (Wildman–Crippen LogP) is 5.77. The minimum absolute atomic E-state index is 0.0125. The molecule has 0 aliphatic carbocycles. The van der Waals surface area contributed by atoms with Gasteiger partial charge in [-0.25, -0.2) is 14.4 Å². The first-order valence-electron chi connectivity index (χ1n) is 13.8. The van der Waals surface area contributed by atoms with Crippen LogP contribution in [0.3, 0.4) is 0 Å². The molecule has 0 amide bonds. The lowest BCUT2D eigenvalue weighted by atomic mass is 9.86. The van der Waals surface area contributed by atoms with E-state index in [-0.39, 0.29) is 36.2 Å². The minimum Gasteiger partial charge on any atom is -0.480 e. The van der Waals surface area contributed by atoms with Gasteiger partial charge in [0.25, 0.3) is 0 Å². The third kappa shape index (κ3) is 10.4. The average molecular weight is 588 g/mol. The smallest absolute Gasteiger partial charge is 0.480 e. The van der Waals surface area contributed by atoms with E-state index >= 15 is 0 Å². The highest BCUT2D eigenvalue weighted by Crippen LogP contribution is 2.32. The standard InChI is InChI=1S/C31H41NO10/c1-18(2)21(6)39-29(36)41-25-14-13-23(15-26(25)42-30(37)40-22(7)19(3)4)17-31(32,28(34)35)16-20(5)38-27(33)24-11-9-8-10-12-24/h8-15,18-22H,16-17,32H2,1-7H3,(H,34,35)/t20-,21?,22?,31?/m0/s1. The number of carbonyl (C=O) groups excluding carboxylic acids is 3. The van der Waals surface area contributed by atoms with E-state index in [2.05, 4.69) is 0 Å². The number of hydrogen-bond acceptors (Lipinski definition) is 10. The molecule has 0 fully saturated rings. The number of benzene rings is 2. The summed E-state index contributed by atoms with van der Waals surface area (Å²) in [5, 5.41) is 10.0. The molecule has 4 atom stereocenters. The van der Waals surface area contributed by atoms with Gasteiger partial charge in [0.05, 0.1) is 5.56 Å².